The first-order chi connectivity index (χ1) is 17.7. The number of allylic oxidation sites excluding steroid dienone is 30. The lowest BCUT2D eigenvalue weighted by atomic mass is 10.0. The van der Waals surface area contributed by atoms with E-state index in [0.29, 0.717) is 0 Å². The van der Waals surface area contributed by atoms with Crippen LogP contribution in [0.2, 0.25) is 0 Å². The summed E-state index contributed by atoms with van der Waals surface area (Å²) in [7, 11) is 0. The molecule has 0 aromatic carbocycles. The smallest absolute Gasteiger partial charge is 0.00256 e. The van der Waals surface area contributed by atoms with Crippen molar-refractivity contribution in [3.05, 3.63) is 176 Å². The molecule has 36 heavy (non-hydrogen) atoms. The molecule has 0 amide bonds. The molecule has 7 aliphatic carbocycles. The molecular weight excluding hydrogens is 432 g/mol. The molecule has 0 radical (unpaired) electrons. The number of fused-ring (bicyclic) bond motifs is 12. The van der Waals surface area contributed by atoms with Gasteiger partial charge in [-0.3, -0.25) is 0 Å². The molecule has 7 rings (SSSR count). The van der Waals surface area contributed by atoms with Crippen LogP contribution in [0.5, 0.6) is 0 Å². The molecule has 0 atom stereocenters. The van der Waals surface area contributed by atoms with Gasteiger partial charge in [0, 0.05) is 0 Å². The van der Waals surface area contributed by atoms with Crippen molar-refractivity contribution in [1.82, 2.24) is 0 Å². The zero-order valence-electron chi connectivity index (χ0n) is 20.6. The minimum atomic E-state index is 1.03. The summed E-state index contributed by atoms with van der Waals surface area (Å²) in [6.07, 6.45) is 48.0. The van der Waals surface area contributed by atoms with Crippen molar-refractivity contribution in [3.63, 3.8) is 0 Å². The first-order valence-electron chi connectivity index (χ1n) is 13.2. The van der Waals surface area contributed by atoms with E-state index in [0.717, 1.165) is 38.5 Å². The molecule has 174 valence electrons. The van der Waals surface area contributed by atoms with Crippen molar-refractivity contribution < 1.29 is 0 Å². The summed E-state index contributed by atoms with van der Waals surface area (Å²) in [4.78, 5) is 0. The minimum Gasteiger partial charge on any atom is -0.0584 e. The van der Waals surface area contributed by atoms with Crippen LogP contribution in [0.15, 0.2) is 176 Å². The third kappa shape index (κ3) is 4.64. The van der Waals surface area contributed by atoms with Gasteiger partial charge in [0.1, 0.15) is 0 Å². The maximum atomic E-state index is 2.39. The summed E-state index contributed by atoms with van der Waals surface area (Å²) in [5.41, 5.74) is 17.0. The summed E-state index contributed by atoms with van der Waals surface area (Å²) < 4.78 is 0. The SMILES string of the molecule is C1=CC2=CC3=CC=C(C=C4C=CC(=CC5=CC=C(C=C6C=CC(=CC7=CC=C(C=C1C2)C7)C6)C5)C4)C3. The third-order valence-corrected chi connectivity index (χ3v) is 7.74. The van der Waals surface area contributed by atoms with Crippen LogP contribution in [0.25, 0.3) is 0 Å². The second-order valence-corrected chi connectivity index (χ2v) is 10.8. The Balaban J connectivity index is 1.15. The average Bonchev–Trinajstić information content (AvgIpc) is 3.68. The zero-order valence-corrected chi connectivity index (χ0v) is 20.6. The van der Waals surface area contributed by atoms with E-state index in [-0.39, 0.29) is 0 Å². The quantitative estimate of drug-likeness (QED) is 0.336. The van der Waals surface area contributed by atoms with E-state index in [1.165, 1.54) is 66.9 Å². The van der Waals surface area contributed by atoms with Crippen molar-refractivity contribution in [2.45, 2.75) is 38.5 Å². The lowest BCUT2D eigenvalue weighted by molar-refractivity contribution is 1.16. The van der Waals surface area contributed by atoms with Crippen LogP contribution >= 0.6 is 0 Å². The highest BCUT2D eigenvalue weighted by Gasteiger charge is 2.15. The lowest BCUT2D eigenvalue weighted by Crippen LogP contribution is -1.84. The van der Waals surface area contributed by atoms with Crippen LogP contribution in [0, 0.1) is 0 Å². The second-order valence-electron chi connectivity index (χ2n) is 10.8. The van der Waals surface area contributed by atoms with Gasteiger partial charge in [-0.1, -0.05) is 109 Å². The maximum absolute atomic E-state index is 2.39. The highest BCUT2D eigenvalue weighted by molar-refractivity contribution is 5.56. The third-order valence-electron chi connectivity index (χ3n) is 7.74. The van der Waals surface area contributed by atoms with Crippen LogP contribution < -0.4 is 0 Å². The average molecular weight is 463 g/mol. The summed E-state index contributed by atoms with van der Waals surface area (Å²) in [6.45, 7) is 0. The molecule has 7 aliphatic rings. The minimum absolute atomic E-state index is 1.03. The maximum Gasteiger partial charge on any atom is -0.00256 e. The molecule has 0 fully saturated rings. The Hall–Kier alpha value is -3.90. The fourth-order valence-corrected chi connectivity index (χ4v) is 6.02. The fraction of sp³-hybridized carbons (Fsp3) is 0.167. The largest absolute Gasteiger partial charge is 0.0584 e. The Morgan fingerprint density at radius 1 is 0.222 bits per heavy atom. The number of hydrogen-bond acceptors (Lipinski definition) is 0. The van der Waals surface area contributed by atoms with Crippen LogP contribution in [0.4, 0.5) is 0 Å². The van der Waals surface area contributed by atoms with Crippen LogP contribution in [-0.4, -0.2) is 0 Å². The van der Waals surface area contributed by atoms with Crippen molar-refractivity contribution >= 4 is 0 Å². The van der Waals surface area contributed by atoms with Gasteiger partial charge in [0.05, 0.1) is 0 Å². The second kappa shape index (κ2) is 8.95. The number of rotatable bonds is 0. The van der Waals surface area contributed by atoms with Crippen molar-refractivity contribution in [2.24, 2.45) is 0 Å². The Labute approximate surface area is 214 Å². The zero-order chi connectivity index (χ0) is 23.9. The van der Waals surface area contributed by atoms with Crippen LogP contribution in [0.3, 0.4) is 0 Å². The summed E-state index contributed by atoms with van der Waals surface area (Å²) in [6, 6.07) is 0. The first kappa shape index (κ1) is 21.4. The molecule has 0 saturated heterocycles. The van der Waals surface area contributed by atoms with Gasteiger partial charge in [0.2, 0.25) is 0 Å². The van der Waals surface area contributed by atoms with E-state index < -0.39 is 0 Å². The van der Waals surface area contributed by atoms with Crippen molar-refractivity contribution in [2.75, 3.05) is 0 Å². The monoisotopic (exact) mass is 462 g/mol. The summed E-state index contributed by atoms with van der Waals surface area (Å²) >= 11 is 0. The van der Waals surface area contributed by atoms with Gasteiger partial charge in [-0.15, -0.1) is 0 Å². The van der Waals surface area contributed by atoms with Crippen molar-refractivity contribution in [1.29, 1.82) is 0 Å². The molecule has 0 N–H and O–H groups in total. The topological polar surface area (TPSA) is 0 Å². The Bertz CT molecular complexity index is 1230. The van der Waals surface area contributed by atoms with Gasteiger partial charge >= 0.3 is 0 Å². The van der Waals surface area contributed by atoms with E-state index in [9.17, 15) is 0 Å². The highest BCUT2D eigenvalue weighted by atomic mass is 14.2. The van der Waals surface area contributed by atoms with E-state index >= 15 is 0 Å². The lowest BCUT2D eigenvalue weighted by Gasteiger charge is -2.03. The van der Waals surface area contributed by atoms with Crippen LogP contribution in [0.1, 0.15) is 38.5 Å². The molecule has 0 heterocycles. The predicted molar refractivity (Wildman–Crippen MR) is 152 cm³/mol. The predicted octanol–water partition coefficient (Wildman–Crippen LogP) is 9.21. The van der Waals surface area contributed by atoms with E-state index in [1.54, 1.807) is 0 Å². The van der Waals surface area contributed by atoms with E-state index in [4.69, 9.17) is 0 Å². The molecular formula is C36H30. The Kier molecular flexibility index (Phi) is 5.32. The molecule has 0 nitrogen and oxygen atoms in total. The fourth-order valence-electron chi connectivity index (χ4n) is 6.02. The van der Waals surface area contributed by atoms with Gasteiger partial charge < -0.3 is 0 Å². The first-order valence-corrected chi connectivity index (χ1v) is 13.2. The molecule has 12 bridgehead atoms. The molecule has 0 aromatic rings. The Morgan fingerprint density at radius 2 is 0.389 bits per heavy atom. The normalized spacial score (nSPS) is 24.0. The van der Waals surface area contributed by atoms with Gasteiger partial charge in [-0.05, 0) is 105 Å². The van der Waals surface area contributed by atoms with E-state index in [1.807, 2.05) is 0 Å². The van der Waals surface area contributed by atoms with Crippen LogP contribution in [-0.2, 0) is 0 Å². The molecule has 0 aliphatic heterocycles. The molecule has 0 saturated carbocycles. The standard InChI is InChI=1S/C36H30/c1-2-26-13-25(1)19-27-3-4-29(14-27)21-31-7-8-33(16-31)23-35-11-12-36(18-35)24-34-10-9-32(17-34)22-30-6-5-28(15-30)20-26/h1-12,19-24H,13-18H2. The van der Waals surface area contributed by atoms with Gasteiger partial charge in [0.25, 0.3) is 0 Å². The molecule has 0 unspecified atom stereocenters. The van der Waals surface area contributed by atoms with Gasteiger partial charge in [-0.25, -0.2) is 0 Å². The molecule has 0 aromatic heterocycles. The highest BCUT2D eigenvalue weighted by Crippen LogP contribution is 2.34. The van der Waals surface area contributed by atoms with E-state index in [2.05, 4.69) is 109 Å². The molecule has 0 heteroatoms. The van der Waals surface area contributed by atoms with Gasteiger partial charge in [-0.2, -0.15) is 0 Å². The number of hydrogen-bond donors (Lipinski definition) is 0. The Morgan fingerprint density at radius 3 is 0.583 bits per heavy atom. The van der Waals surface area contributed by atoms with Gasteiger partial charge in [0.15, 0.2) is 0 Å². The van der Waals surface area contributed by atoms with Crippen molar-refractivity contribution in [3.8, 4) is 0 Å². The molecule has 0 spiro atoms. The summed E-state index contributed by atoms with van der Waals surface area (Å²) in [5.74, 6) is 0. The summed E-state index contributed by atoms with van der Waals surface area (Å²) in [5, 5.41) is 0.